The monoisotopic (exact) mass is 353 g/mol. The van der Waals surface area contributed by atoms with E-state index in [-0.39, 0.29) is 16.7 Å². The highest BCUT2D eigenvalue weighted by Gasteiger charge is 2.21. The van der Waals surface area contributed by atoms with Crippen molar-refractivity contribution in [3.63, 3.8) is 0 Å². The zero-order valence-corrected chi connectivity index (χ0v) is 14.4. The molecule has 1 aliphatic rings. The first-order valence-corrected chi connectivity index (χ1v) is 8.14. The summed E-state index contributed by atoms with van der Waals surface area (Å²) < 4.78 is 6.78. The first-order chi connectivity index (χ1) is 11.0. The number of morpholine rings is 1. The molecule has 1 unspecified atom stereocenters. The van der Waals surface area contributed by atoms with E-state index in [9.17, 15) is 4.79 Å². The normalized spacial score (nSPS) is 18.3. The number of halogens is 2. The number of aromatic nitrogens is 2. The van der Waals surface area contributed by atoms with Gasteiger partial charge in [0.05, 0.1) is 30.3 Å². The van der Waals surface area contributed by atoms with Gasteiger partial charge in [0.15, 0.2) is 0 Å². The molecule has 122 valence electrons. The van der Waals surface area contributed by atoms with E-state index >= 15 is 0 Å². The van der Waals surface area contributed by atoms with Crippen LogP contribution in [0, 0.1) is 6.92 Å². The minimum Gasteiger partial charge on any atom is -0.375 e. The lowest BCUT2D eigenvalue weighted by molar-refractivity contribution is 0.0532. The van der Waals surface area contributed by atoms with Gasteiger partial charge in [0.25, 0.3) is 5.56 Å². The van der Waals surface area contributed by atoms with Crippen LogP contribution in [-0.2, 0) is 4.74 Å². The van der Waals surface area contributed by atoms with Crippen LogP contribution in [0.5, 0.6) is 0 Å². The topological polar surface area (TPSA) is 47.4 Å². The fourth-order valence-corrected chi connectivity index (χ4v) is 3.00. The molecule has 1 aromatic carbocycles. The van der Waals surface area contributed by atoms with Gasteiger partial charge >= 0.3 is 0 Å². The average molecular weight is 354 g/mol. The summed E-state index contributed by atoms with van der Waals surface area (Å²) in [7, 11) is 0. The van der Waals surface area contributed by atoms with Gasteiger partial charge in [-0.05, 0) is 31.5 Å². The lowest BCUT2D eigenvalue weighted by Gasteiger charge is -2.33. The maximum Gasteiger partial charge on any atom is 0.292 e. The van der Waals surface area contributed by atoms with Gasteiger partial charge in [0.2, 0.25) is 0 Å². The van der Waals surface area contributed by atoms with Crippen molar-refractivity contribution in [2.45, 2.75) is 20.0 Å². The summed E-state index contributed by atoms with van der Waals surface area (Å²) in [6.45, 7) is 5.86. The van der Waals surface area contributed by atoms with Gasteiger partial charge in [0.1, 0.15) is 5.02 Å². The van der Waals surface area contributed by atoms with E-state index in [2.05, 4.69) is 5.10 Å². The summed E-state index contributed by atoms with van der Waals surface area (Å²) in [6.07, 6.45) is 1.72. The second-order valence-corrected chi connectivity index (χ2v) is 6.41. The highest BCUT2D eigenvalue weighted by Crippen LogP contribution is 2.24. The SMILES string of the molecule is Cc1ccc(-n2ncc(N3CCOC(C)C3)c(Cl)c2=O)cc1Cl. The van der Waals surface area contributed by atoms with Crippen molar-refractivity contribution in [3.8, 4) is 5.69 Å². The number of anilines is 1. The molecule has 3 rings (SSSR count). The Kier molecular flexibility index (Phi) is 4.62. The summed E-state index contributed by atoms with van der Waals surface area (Å²) >= 11 is 12.4. The Morgan fingerprint density at radius 2 is 2.13 bits per heavy atom. The van der Waals surface area contributed by atoms with Gasteiger partial charge in [-0.1, -0.05) is 29.3 Å². The van der Waals surface area contributed by atoms with Gasteiger partial charge < -0.3 is 9.64 Å². The fourth-order valence-electron chi connectivity index (χ4n) is 2.58. The number of hydrogen-bond donors (Lipinski definition) is 0. The fraction of sp³-hybridized carbons (Fsp3) is 0.375. The van der Waals surface area contributed by atoms with E-state index in [0.717, 1.165) is 5.56 Å². The van der Waals surface area contributed by atoms with Crippen LogP contribution in [0.15, 0.2) is 29.2 Å². The molecular weight excluding hydrogens is 337 g/mol. The van der Waals surface area contributed by atoms with E-state index in [1.807, 2.05) is 24.8 Å². The lowest BCUT2D eigenvalue weighted by atomic mass is 10.2. The summed E-state index contributed by atoms with van der Waals surface area (Å²) in [6, 6.07) is 5.35. The third kappa shape index (κ3) is 3.22. The molecular formula is C16H17Cl2N3O2. The van der Waals surface area contributed by atoms with E-state index < -0.39 is 0 Å². The van der Waals surface area contributed by atoms with E-state index in [4.69, 9.17) is 27.9 Å². The Morgan fingerprint density at radius 1 is 1.35 bits per heavy atom. The van der Waals surface area contributed by atoms with Crippen LogP contribution in [0.25, 0.3) is 5.69 Å². The predicted molar refractivity (Wildman–Crippen MR) is 92.2 cm³/mol. The van der Waals surface area contributed by atoms with Crippen molar-refractivity contribution >= 4 is 28.9 Å². The Labute approximate surface area is 144 Å². The summed E-state index contributed by atoms with van der Waals surface area (Å²) in [5, 5.41) is 5.00. The quantitative estimate of drug-likeness (QED) is 0.832. The van der Waals surface area contributed by atoms with E-state index in [0.29, 0.717) is 36.1 Å². The van der Waals surface area contributed by atoms with Gasteiger partial charge in [-0.2, -0.15) is 9.78 Å². The Hall–Kier alpha value is -1.56. The van der Waals surface area contributed by atoms with Crippen molar-refractivity contribution in [1.82, 2.24) is 9.78 Å². The zero-order chi connectivity index (χ0) is 16.6. The molecule has 1 aromatic heterocycles. The highest BCUT2D eigenvalue weighted by molar-refractivity contribution is 6.33. The first kappa shape index (κ1) is 16.3. The molecule has 1 saturated heterocycles. The highest BCUT2D eigenvalue weighted by atomic mass is 35.5. The number of nitrogens with zero attached hydrogens (tertiary/aromatic N) is 3. The summed E-state index contributed by atoms with van der Waals surface area (Å²) in [5.74, 6) is 0. The van der Waals surface area contributed by atoms with Crippen LogP contribution >= 0.6 is 23.2 Å². The molecule has 5 nitrogen and oxygen atoms in total. The number of rotatable bonds is 2. The second kappa shape index (κ2) is 6.51. The largest absolute Gasteiger partial charge is 0.375 e. The molecule has 1 fully saturated rings. The molecule has 0 amide bonds. The number of ether oxygens (including phenoxy) is 1. The second-order valence-electron chi connectivity index (χ2n) is 5.62. The number of hydrogen-bond acceptors (Lipinski definition) is 4. The molecule has 7 heteroatoms. The third-order valence-electron chi connectivity index (χ3n) is 3.88. The molecule has 0 spiro atoms. The maximum absolute atomic E-state index is 12.6. The van der Waals surface area contributed by atoms with Crippen LogP contribution < -0.4 is 10.5 Å². The van der Waals surface area contributed by atoms with Crippen molar-refractivity contribution in [3.05, 3.63) is 50.4 Å². The average Bonchev–Trinajstić information content (AvgIpc) is 2.53. The number of aryl methyl sites for hydroxylation is 1. The minimum atomic E-state index is -0.358. The zero-order valence-electron chi connectivity index (χ0n) is 12.9. The van der Waals surface area contributed by atoms with Crippen molar-refractivity contribution < 1.29 is 4.74 Å². The standard InChI is InChI=1S/C16H17Cl2N3O2/c1-10-3-4-12(7-13(10)17)21-16(22)15(18)14(8-19-21)20-5-6-23-11(2)9-20/h3-4,7-8,11H,5-6,9H2,1-2H3. The van der Waals surface area contributed by atoms with Crippen LogP contribution in [-0.4, -0.2) is 35.6 Å². The molecule has 0 saturated carbocycles. The molecule has 0 radical (unpaired) electrons. The van der Waals surface area contributed by atoms with Crippen LogP contribution in [0.1, 0.15) is 12.5 Å². The maximum atomic E-state index is 12.6. The van der Waals surface area contributed by atoms with Crippen LogP contribution in [0.4, 0.5) is 5.69 Å². The third-order valence-corrected chi connectivity index (χ3v) is 4.64. The van der Waals surface area contributed by atoms with Crippen molar-refractivity contribution in [2.24, 2.45) is 0 Å². The predicted octanol–water partition coefficient (Wildman–Crippen LogP) is 3.07. The van der Waals surface area contributed by atoms with Gasteiger partial charge in [-0.15, -0.1) is 0 Å². The molecule has 0 N–H and O–H groups in total. The van der Waals surface area contributed by atoms with Crippen LogP contribution in [0.2, 0.25) is 10.0 Å². The Morgan fingerprint density at radius 3 is 2.83 bits per heavy atom. The molecule has 1 aliphatic heterocycles. The molecule has 0 bridgehead atoms. The molecule has 1 atom stereocenters. The van der Waals surface area contributed by atoms with Gasteiger partial charge in [0, 0.05) is 18.1 Å². The van der Waals surface area contributed by atoms with Gasteiger partial charge in [-0.25, -0.2) is 0 Å². The van der Waals surface area contributed by atoms with E-state index in [1.54, 1.807) is 18.3 Å². The molecule has 2 heterocycles. The number of benzene rings is 1. The van der Waals surface area contributed by atoms with Crippen molar-refractivity contribution in [1.29, 1.82) is 0 Å². The summed E-state index contributed by atoms with van der Waals surface area (Å²) in [5.41, 5.74) is 1.81. The summed E-state index contributed by atoms with van der Waals surface area (Å²) in [4.78, 5) is 14.6. The minimum absolute atomic E-state index is 0.0955. The molecule has 2 aromatic rings. The van der Waals surface area contributed by atoms with Gasteiger partial charge in [-0.3, -0.25) is 4.79 Å². The molecule has 23 heavy (non-hydrogen) atoms. The molecule has 0 aliphatic carbocycles. The first-order valence-electron chi connectivity index (χ1n) is 7.38. The Bertz CT molecular complexity index is 791. The Balaban J connectivity index is 2.00. The van der Waals surface area contributed by atoms with E-state index in [1.165, 1.54) is 4.68 Å². The smallest absolute Gasteiger partial charge is 0.292 e. The van der Waals surface area contributed by atoms with Crippen LogP contribution in [0.3, 0.4) is 0 Å². The van der Waals surface area contributed by atoms with Crippen molar-refractivity contribution in [2.75, 3.05) is 24.6 Å². The lowest BCUT2D eigenvalue weighted by Crippen LogP contribution is -2.42.